The van der Waals surface area contributed by atoms with Crippen molar-refractivity contribution in [3.8, 4) is 17.5 Å². The lowest BCUT2D eigenvalue weighted by Gasteiger charge is -2.32. The van der Waals surface area contributed by atoms with Crippen LogP contribution in [0.15, 0.2) is 22.8 Å². The van der Waals surface area contributed by atoms with Crippen molar-refractivity contribution in [1.29, 1.82) is 5.26 Å². The molecule has 1 aliphatic heterocycles. The van der Waals surface area contributed by atoms with E-state index in [9.17, 15) is 5.26 Å². The highest BCUT2D eigenvalue weighted by Gasteiger charge is 2.34. The fraction of sp³-hybridized carbons (Fsp3) is 0.524. The van der Waals surface area contributed by atoms with E-state index in [-0.39, 0.29) is 5.60 Å². The van der Waals surface area contributed by atoms with Crippen molar-refractivity contribution in [1.82, 2.24) is 0 Å². The number of H-pyrrole nitrogens is 1. The molecule has 2 aromatic rings. The highest BCUT2D eigenvalue weighted by molar-refractivity contribution is 5.64. The summed E-state index contributed by atoms with van der Waals surface area (Å²) in [5.41, 5.74) is 3.40. The molecule has 5 heteroatoms. The number of nitriles is 1. The number of aromatic nitrogens is 1. The van der Waals surface area contributed by atoms with Gasteiger partial charge in [0.15, 0.2) is 11.5 Å². The number of ether oxygens (including phenoxy) is 1. The smallest absolute Gasteiger partial charge is 0.291 e. The third-order valence-electron chi connectivity index (χ3n) is 4.89. The standard InChI is InChI=1S/C21H27N3O2/c1-4-5-6-7-10-23-20-16(13-22)15-12-21(2,3)26-14-17(15)19(24-20)18-9-8-11-25-18/h8-9,11H,4-7,10,12,14H2,1-3H3,(H,23,24)/p+1. The molecule has 0 aliphatic carbocycles. The summed E-state index contributed by atoms with van der Waals surface area (Å²) in [6.45, 7) is 7.66. The molecule has 0 bridgehead atoms. The molecule has 0 radical (unpaired) electrons. The van der Waals surface area contributed by atoms with Crippen LogP contribution in [0.3, 0.4) is 0 Å². The first-order chi connectivity index (χ1) is 12.6. The number of unbranched alkanes of at least 4 members (excludes halogenated alkanes) is 3. The van der Waals surface area contributed by atoms with E-state index < -0.39 is 0 Å². The van der Waals surface area contributed by atoms with Crippen molar-refractivity contribution < 1.29 is 14.1 Å². The Kier molecular flexibility index (Phi) is 5.63. The molecule has 0 spiro atoms. The van der Waals surface area contributed by atoms with Crippen LogP contribution in [0.1, 0.15) is 63.1 Å². The molecule has 26 heavy (non-hydrogen) atoms. The molecule has 2 N–H and O–H groups in total. The van der Waals surface area contributed by atoms with E-state index in [0.717, 1.165) is 41.4 Å². The van der Waals surface area contributed by atoms with E-state index >= 15 is 0 Å². The van der Waals surface area contributed by atoms with Gasteiger partial charge in [0.2, 0.25) is 0 Å². The SMILES string of the molecule is CCCCCCNc1[nH+]c(-c2ccco2)c2c(c1C#N)CC(C)(C)OC2. The summed E-state index contributed by atoms with van der Waals surface area (Å²) >= 11 is 0. The zero-order chi connectivity index (χ0) is 18.6. The number of anilines is 1. The number of aromatic amines is 1. The zero-order valence-electron chi connectivity index (χ0n) is 15.9. The summed E-state index contributed by atoms with van der Waals surface area (Å²) in [7, 11) is 0. The van der Waals surface area contributed by atoms with E-state index in [1.807, 2.05) is 12.1 Å². The van der Waals surface area contributed by atoms with Gasteiger partial charge in [-0.05, 0) is 44.4 Å². The molecule has 0 saturated heterocycles. The average molecular weight is 354 g/mol. The van der Waals surface area contributed by atoms with Crippen LogP contribution in [0.2, 0.25) is 0 Å². The van der Waals surface area contributed by atoms with E-state index in [2.05, 4.69) is 37.1 Å². The maximum absolute atomic E-state index is 9.83. The minimum atomic E-state index is -0.279. The van der Waals surface area contributed by atoms with Crippen LogP contribution in [0.5, 0.6) is 0 Å². The van der Waals surface area contributed by atoms with Gasteiger partial charge in [-0.25, -0.2) is 4.98 Å². The normalized spacial score (nSPS) is 15.3. The number of fused-ring (bicyclic) bond motifs is 1. The Balaban J connectivity index is 1.98. The Morgan fingerprint density at radius 2 is 2.12 bits per heavy atom. The second-order valence-corrected chi connectivity index (χ2v) is 7.51. The molecule has 3 rings (SSSR count). The summed E-state index contributed by atoms with van der Waals surface area (Å²) in [5.74, 6) is 1.55. The van der Waals surface area contributed by atoms with Gasteiger partial charge in [-0.1, -0.05) is 19.8 Å². The summed E-state index contributed by atoms with van der Waals surface area (Å²) in [4.78, 5) is 3.41. The van der Waals surface area contributed by atoms with Crippen LogP contribution >= 0.6 is 0 Å². The van der Waals surface area contributed by atoms with Gasteiger partial charge in [-0.3, -0.25) is 5.32 Å². The first-order valence-electron chi connectivity index (χ1n) is 9.48. The monoisotopic (exact) mass is 354 g/mol. The highest BCUT2D eigenvalue weighted by atomic mass is 16.5. The van der Waals surface area contributed by atoms with E-state index in [1.54, 1.807) is 6.26 Å². The van der Waals surface area contributed by atoms with Crippen LogP contribution in [0, 0.1) is 11.3 Å². The quantitative estimate of drug-likeness (QED) is 0.744. The predicted octanol–water partition coefficient (Wildman–Crippen LogP) is 4.48. The molecule has 0 amide bonds. The summed E-state index contributed by atoms with van der Waals surface area (Å²) in [6.07, 6.45) is 7.12. The fourth-order valence-corrected chi connectivity index (χ4v) is 3.47. The fourth-order valence-electron chi connectivity index (χ4n) is 3.47. The summed E-state index contributed by atoms with van der Waals surface area (Å²) in [6, 6.07) is 6.21. The topological polar surface area (TPSA) is 72.3 Å². The van der Waals surface area contributed by atoms with Crippen LogP contribution in [-0.2, 0) is 17.8 Å². The number of nitrogens with one attached hydrogen (secondary N) is 2. The van der Waals surface area contributed by atoms with Gasteiger partial charge < -0.3 is 9.15 Å². The molecule has 0 fully saturated rings. The Labute approximate surface area is 155 Å². The van der Waals surface area contributed by atoms with Gasteiger partial charge in [0.05, 0.1) is 25.0 Å². The first-order valence-corrected chi connectivity index (χ1v) is 9.48. The van der Waals surface area contributed by atoms with Crippen molar-refractivity contribution in [2.24, 2.45) is 0 Å². The Morgan fingerprint density at radius 3 is 2.81 bits per heavy atom. The molecule has 0 unspecified atom stereocenters. The van der Waals surface area contributed by atoms with Crippen LogP contribution < -0.4 is 10.3 Å². The van der Waals surface area contributed by atoms with Gasteiger partial charge in [-0.15, -0.1) is 0 Å². The van der Waals surface area contributed by atoms with Crippen molar-refractivity contribution in [3.63, 3.8) is 0 Å². The molecule has 0 aromatic carbocycles. The molecule has 5 nitrogen and oxygen atoms in total. The molecule has 0 atom stereocenters. The summed E-state index contributed by atoms with van der Waals surface area (Å²) in [5, 5.41) is 13.3. The number of nitrogens with zero attached hydrogens (tertiary/aromatic N) is 1. The number of hydrogen-bond acceptors (Lipinski definition) is 4. The molecule has 0 saturated carbocycles. The average Bonchev–Trinajstić information content (AvgIpc) is 3.14. The van der Waals surface area contributed by atoms with Crippen molar-refractivity contribution in [2.45, 2.75) is 65.1 Å². The number of rotatable bonds is 7. The minimum Gasteiger partial charge on any atom is -0.461 e. The maximum atomic E-state index is 9.83. The maximum Gasteiger partial charge on any atom is 0.291 e. The van der Waals surface area contributed by atoms with Gasteiger partial charge in [0.1, 0.15) is 11.6 Å². The van der Waals surface area contributed by atoms with Crippen molar-refractivity contribution >= 4 is 5.82 Å². The van der Waals surface area contributed by atoms with E-state index in [4.69, 9.17) is 9.15 Å². The van der Waals surface area contributed by atoms with Crippen LogP contribution in [0.4, 0.5) is 5.82 Å². The van der Waals surface area contributed by atoms with Crippen molar-refractivity contribution in [3.05, 3.63) is 35.1 Å². The lowest BCUT2D eigenvalue weighted by atomic mass is 9.87. The van der Waals surface area contributed by atoms with E-state index in [1.165, 1.54) is 19.3 Å². The van der Waals surface area contributed by atoms with Crippen LogP contribution in [-0.4, -0.2) is 12.1 Å². The van der Waals surface area contributed by atoms with Gasteiger partial charge in [-0.2, -0.15) is 5.26 Å². The minimum absolute atomic E-state index is 0.279. The van der Waals surface area contributed by atoms with Crippen LogP contribution in [0.25, 0.3) is 11.5 Å². The molecule has 3 heterocycles. The molecular weight excluding hydrogens is 326 g/mol. The van der Waals surface area contributed by atoms with Crippen molar-refractivity contribution in [2.75, 3.05) is 11.9 Å². The zero-order valence-corrected chi connectivity index (χ0v) is 15.9. The second-order valence-electron chi connectivity index (χ2n) is 7.51. The number of furan rings is 1. The third-order valence-corrected chi connectivity index (χ3v) is 4.89. The Morgan fingerprint density at radius 1 is 1.27 bits per heavy atom. The van der Waals surface area contributed by atoms with Gasteiger partial charge in [0, 0.05) is 12.0 Å². The number of pyridine rings is 1. The summed E-state index contributed by atoms with van der Waals surface area (Å²) < 4.78 is 11.6. The van der Waals surface area contributed by atoms with Gasteiger partial charge in [0.25, 0.3) is 5.82 Å². The largest absolute Gasteiger partial charge is 0.461 e. The first kappa shape index (κ1) is 18.5. The van der Waals surface area contributed by atoms with E-state index in [0.29, 0.717) is 18.6 Å². The highest BCUT2D eigenvalue weighted by Crippen LogP contribution is 2.36. The molecule has 138 valence electrons. The van der Waals surface area contributed by atoms with Gasteiger partial charge >= 0.3 is 0 Å². The molecule has 1 aliphatic rings. The Bertz CT molecular complexity index is 789. The molecule has 2 aromatic heterocycles. The Hall–Kier alpha value is -2.32. The predicted molar refractivity (Wildman–Crippen MR) is 101 cm³/mol. The second kappa shape index (κ2) is 7.92. The lowest BCUT2D eigenvalue weighted by Crippen LogP contribution is -2.35. The number of hydrogen-bond donors (Lipinski definition) is 1. The lowest BCUT2D eigenvalue weighted by molar-refractivity contribution is -0.350. The molecular formula is C21H28N3O2+. The third kappa shape index (κ3) is 3.91.